The van der Waals surface area contributed by atoms with Gasteiger partial charge in [0.1, 0.15) is 0 Å². The maximum Gasteiger partial charge on any atom is 0.205 e. The first-order valence-corrected chi connectivity index (χ1v) is 7.55. The smallest absolute Gasteiger partial charge is 0.205 e. The molecule has 0 unspecified atom stereocenters. The van der Waals surface area contributed by atoms with Crippen LogP contribution >= 0.6 is 0 Å². The van der Waals surface area contributed by atoms with Crippen molar-refractivity contribution in [3.05, 3.63) is 0 Å². The highest BCUT2D eigenvalue weighted by Gasteiger charge is 2.25. The lowest BCUT2D eigenvalue weighted by Crippen LogP contribution is -2.31. The number of terminal acetylenes is 1. The van der Waals surface area contributed by atoms with Gasteiger partial charge in [0, 0.05) is 12.5 Å². The third-order valence-electron chi connectivity index (χ3n) is 2.61. The summed E-state index contributed by atoms with van der Waals surface area (Å²) < 4.78 is 5.96. The molecule has 1 saturated carbocycles. The summed E-state index contributed by atoms with van der Waals surface area (Å²) in [6, 6.07) is 0. The van der Waals surface area contributed by atoms with Crippen LogP contribution in [0.3, 0.4) is 0 Å². The molecule has 0 aliphatic heterocycles. The minimum atomic E-state index is -0.553. The monoisotopic (exact) mass is 195 g/mol. The first kappa shape index (κ1) is 10.8. The van der Waals surface area contributed by atoms with Crippen LogP contribution in [0.1, 0.15) is 32.1 Å². The summed E-state index contributed by atoms with van der Waals surface area (Å²) in [5, 5.41) is 0. The molecule has 0 aromatic heterocycles. The molecule has 0 saturated heterocycles. The Morgan fingerprint density at radius 3 is 2.69 bits per heavy atom. The van der Waals surface area contributed by atoms with Crippen molar-refractivity contribution in [3.63, 3.8) is 0 Å². The Labute approximate surface area is 83.6 Å². The van der Waals surface area contributed by atoms with Crippen LogP contribution in [0.15, 0.2) is 0 Å². The van der Waals surface area contributed by atoms with Gasteiger partial charge in [-0.1, -0.05) is 12.8 Å². The molecule has 0 N–H and O–H groups in total. The second-order valence-electron chi connectivity index (χ2n) is 4.02. The van der Waals surface area contributed by atoms with E-state index in [1.807, 2.05) is 0 Å². The Hall–Kier alpha value is -0.263. The van der Waals surface area contributed by atoms with Crippen molar-refractivity contribution >= 4 is 9.04 Å². The number of rotatable bonds is 3. The van der Waals surface area contributed by atoms with Gasteiger partial charge in [0.2, 0.25) is 9.04 Å². The van der Waals surface area contributed by atoms with Gasteiger partial charge in [-0.3, -0.25) is 0 Å². The highest BCUT2D eigenvalue weighted by Crippen LogP contribution is 2.29. The SMILES string of the molecule is C#CC[C@H]1CCCC[C@@H]1O[Si](C)C. The Bertz CT molecular complexity index is 183. The average molecular weight is 195 g/mol. The van der Waals surface area contributed by atoms with Gasteiger partial charge in [0.15, 0.2) is 0 Å². The normalized spacial score (nSPS) is 28.8. The molecule has 0 amide bonds. The van der Waals surface area contributed by atoms with E-state index < -0.39 is 9.04 Å². The molecule has 0 aromatic carbocycles. The van der Waals surface area contributed by atoms with Crippen LogP contribution in [-0.4, -0.2) is 15.1 Å². The highest BCUT2D eigenvalue weighted by atomic mass is 28.3. The molecular weight excluding hydrogens is 176 g/mol. The van der Waals surface area contributed by atoms with E-state index in [9.17, 15) is 0 Å². The third kappa shape index (κ3) is 3.54. The van der Waals surface area contributed by atoms with Crippen molar-refractivity contribution in [1.82, 2.24) is 0 Å². The fourth-order valence-electron chi connectivity index (χ4n) is 2.02. The Morgan fingerprint density at radius 2 is 2.08 bits per heavy atom. The Kier molecular flexibility index (Phi) is 4.55. The molecule has 2 atom stereocenters. The third-order valence-corrected chi connectivity index (χ3v) is 3.38. The molecule has 0 spiro atoms. The van der Waals surface area contributed by atoms with Crippen molar-refractivity contribution in [2.45, 2.75) is 51.3 Å². The van der Waals surface area contributed by atoms with Crippen molar-refractivity contribution in [3.8, 4) is 12.3 Å². The summed E-state index contributed by atoms with van der Waals surface area (Å²) in [5.74, 6) is 3.41. The molecule has 1 rings (SSSR count). The summed E-state index contributed by atoms with van der Waals surface area (Å²) in [4.78, 5) is 0. The maximum atomic E-state index is 5.96. The summed E-state index contributed by atoms with van der Waals surface area (Å²) in [7, 11) is -0.553. The standard InChI is InChI=1S/C11H19OSi/c1-4-7-10-8-5-6-9-11(10)12-13(2)3/h1,10-11H,5-9H2,2-3H3/t10-,11-/m0/s1. The van der Waals surface area contributed by atoms with Gasteiger partial charge < -0.3 is 4.43 Å². The van der Waals surface area contributed by atoms with Crippen LogP contribution in [0.2, 0.25) is 13.1 Å². The number of hydrogen-bond acceptors (Lipinski definition) is 1. The predicted molar refractivity (Wildman–Crippen MR) is 57.8 cm³/mol. The molecule has 0 bridgehead atoms. The van der Waals surface area contributed by atoms with Crippen molar-refractivity contribution < 1.29 is 4.43 Å². The molecule has 1 aliphatic carbocycles. The largest absolute Gasteiger partial charge is 0.414 e. The molecule has 1 radical (unpaired) electrons. The molecule has 1 fully saturated rings. The van der Waals surface area contributed by atoms with Gasteiger partial charge >= 0.3 is 0 Å². The van der Waals surface area contributed by atoms with E-state index >= 15 is 0 Å². The van der Waals surface area contributed by atoms with Gasteiger partial charge in [-0.05, 0) is 31.9 Å². The molecule has 13 heavy (non-hydrogen) atoms. The molecule has 1 aliphatic rings. The zero-order valence-corrected chi connectivity index (χ0v) is 9.68. The molecular formula is C11H19OSi. The van der Waals surface area contributed by atoms with Crippen LogP contribution in [0.4, 0.5) is 0 Å². The molecule has 0 heterocycles. The van der Waals surface area contributed by atoms with Crippen LogP contribution in [0.5, 0.6) is 0 Å². The lowest BCUT2D eigenvalue weighted by Gasteiger charge is -2.31. The van der Waals surface area contributed by atoms with E-state index in [1.165, 1.54) is 25.7 Å². The average Bonchev–Trinajstić information content (AvgIpc) is 2.08. The highest BCUT2D eigenvalue weighted by molar-refractivity contribution is 6.48. The quantitative estimate of drug-likeness (QED) is 0.497. The van der Waals surface area contributed by atoms with Crippen LogP contribution in [0.25, 0.3) is 0 Å². The first-order chi connectivity index (χ1) is 6.24. The van der Waals surface area contributed by atoms with Crippen molar-refractivity contribution in [1.29, 1.82) is 0 Å². The van der Waals surface area contributed by atoms with Crippen molar-refractivity contribution in [2.24, 2.45) is 5.92 Å². The lowest BCUT2D eigenvalue weighted by molar-refractivity contribution is 0.0952. The van der Waals surface area contributed by atoms with Crippen LogP contribution in [0, 0.1) is 18.3 Å². The summed E-state index contributed by atoms with van der Waals surface area (Å²) in [5.41, 5.74) is 0. The zero-order chi connectivity index (χ0) is 9.68. The van der Waals surface area contributed by atoms with Gasteiger partial charge in [-0.2, -0.15) is 0 Å². The van der Waals surface area contributed by atoms with Crippen molar-refractivity contribution in [2.75, 3.05) is 0 Å². The first-order valence-electron chi connectivity index (χ1n) is 5.14. The summed E-state index contributed by atoms with van der Waals surface area (Å²) >= 11 is 0. The zero-order valence-electron chi connectivity index (χ0n) is 8.68. The minimum absolute atomic E-state index is 0.466. The molecule has 1 nitrogen and oxygen atoms in total. The fraction of sp³-hybridized carbons (Fsp3) is 0.818. The van der Waals surface area contributed by atoms with E-state index in [2.05, 4.69) is 19.0 Å². The van der Waals surface area contributed by atoms with Crippen LogP contribution in [-0.2, 0) is 4.43 Å². The minimum Gasteiger partial charge on any atom is -0.414 e. The molecule has 2 heteroatoms. The Balaban J connectivity index is 2.42. The van der Waals surface area contributed by atoms with E-state index in [4.69, 9.17) is 10.8 Å². The van der Waals surface area contributed by atoms with Gasteiger partial charge in [0.25, 0.3) is 0 Å². The van der Waals surface area contributed by atoms with Gasteiger partial charge in [-0.25, -0.2) is 0 Å². The maximum absolute atomic E-state index is 5.96. The Morgan fingerprint density at radius 1 is 1.38 bits per heavy atom. The second kappa shape index (κ2) is 5.46. The van der Waals surface area contributed by atoms with E-state index in [-0.39, 0.29) is 0 Å². The number of hydrogen-bond donors (Lipinski definition) is 0. The van der Waals surface area contributed by atoms with Gasteiger partial charge in [0.05, 0.1) is 0 Å². The van der Waals surface area contributed by atoms with Gasteiger partial charge in [-0.15, -0.1) is 12.3 Å². The topological polar surface area (TPSA) is 9.23 Å². The summed E-state index contributed by atoms with van der Waals surface area (Å²) in [6.07, 6.45) is 11.9. The van der Waals surface area contributed by atoms with E-state index in [0.29, 0.717) is 12.0 Å². The predicted octanol–water partition coefficient (Wildman–Crippen LogP) is 2.84. The second-order valence-corrected chi connectivity index (χ2v) is 6.07. The van der Waals surface area contributed by atoms with Crippen LogP contribution < -0.4 is 0 Å². The summed E-state index contributed by atoms with van der Waals surface area (Å²) in [6.45, 7) is 4.40. The fourth-order valence-corrected chi connectivity index (χ4v) is 2.93. The van der Waals surface area contributed by atoms with E-state index in [1.54, 1.807) is 0 Å². The lowest BCUT2D eigenvalue weighted by atomic mass is 9.85. The molecule has 0 aromatic rings. The van der Waals surface area contributed by atoms with E-state index in [0.717, 1.165) is 6.42 Å². The molecule has 73 valence electrons.